The number of aromatic hydroxyl groups is 2. The quantitative estimate of drug-likeness (QED) is 0.107. The molecule has 0 aliphatic carbocycles. The summed E-state index contributed by atoms with van der Waals surface area (Å²) in [4.78, 5) is 22.9. The van der Waals surface area contributed by atoms with Gasteiger partial charge in [0.15, 0.2) is 0 Å². The third kappa shape index (κ3) is 12.6. The monoisotopic (exact) mass is 558 g/mol. The Hall–Kier alpha value is -2.76. The van der Waals surface area contributed by atoms with Crippen LogP contribution in [-0.4, -0.2) is 35.4 Å². The normalized spacial score (nSPS) is 14.0. The summed E-state index contributed by atoms with van der Waals surface area (Å²) in [6, 6.07) is 3.50. The van der Waals surface area contributed by atoms with E-state index >= 15 is 0 Å². The highest BCUT2D eigenvalue weighted by molar-refractivity contribution is 5.82. The summed E-state index contributed by atoms with van der Waals surface area (Å²) in [5.41, 5.74) is 0.930. The van der Waals surface area contributed by atoms with E-state index in [9.17, 15) is 19.8 Å². The Bertz CT molecular complexity index is 909. The average molecular weight is 559 g/mol. The van der Waals surface area contributed by atoms with Gasteiger partial charge in [0, 0.05) is 23.3 Å². The zero-order valence-corrected chi connectivity index (χ0v) is 26.2. The number of carbonyl (C=O) groups is 2. The van der Waals surface area contributed by atoms with Crippen LogP contribution in [0.2, 0.25) is 0 Å². The van der Waals surface area contributed by atoms with Crippen molar-refractivity contribution >= 4 is 11.9 Å². The molecule has 0 aliphatic heterocycles. The molecule has 0 spiro atoms. The van der Waals surface area contributed by atoms with Gasteiger partial charge in [-0.05, 0) is 74.3 Å². The van der Waals surface area contributed by atoms with Crippen LogP contribution in [-0.2, 0) is 29.9 Å². The molecule has 0 saturated carbocycles. The number of phenolic OH excluding ortho intramolecular Hbond substituents is 2. The maximum Gasteiger partial charge on any atom is 0.330 e. The van der Waals surface area contributed by atoms with Gasteiger partial charge in [-0.3, -0.25) is 0 Å². The molecule has 1 aromatic rings. The van der Waals surface area contributed by atoms with Crippen molar-refractivity contribution in [1.29, 1.82) is 0 Å². The minimum Gasteiger partial charge on any atom is -0.508 e. The number of ether oxygens (including phenoxy) is 2. The number of hydrogen-bond donors (Lipinski definition) is 2. The van der Waals surface area contributed by atoms with Gasteiger partial charge < -0.3 is 19.7 Å². The first kappa shape index (κ1) is 35.3. The van der Waals surface area contributed by atoms with Crippen LogP contribution in [0.3, 0.4) is 0 Å². The number of rotatable bonds is 18. The largest absolute Gasteiger partial charge is 0.508 e. The fourth-order valence-electron chi connectivity index (χ4n) is 5.09. The third-order valence-electron chi connectivity index (χ3n) is 7.89. The van der Waals surface area contributed by atoms with Gasteiger partial charge in [0.2, 0.25) is 0 Å². The van der Waals surface area contributed by atoms with Crippen molar-refractivity contribution in [3.63, 3.8) is 0 Å². The van der Waals surface area contributed by atoms with Crippen LogP contribution in [0.1, 0.15) is 118 Å². The van der Waals surface area contributed by atoms with Crippen molar-refractivity contribution in [2.24, 2.45) is 11.8 Å². The lowest BCUT2D eigenvalue weighted by Crippen LogP contribution is -2.21. The molecule has 0 radical (unpaired) electrons. The molecular weight excluding hydrogens is 504 g/mol. The van der Waals surface area contributed by atoms with E-state index in [0.717, 1.165) is 62.5 Å². The highest BCUT2D eigenvalue weighted by Gasteiger charge is 2.30. The topological polar surface area (TPSA) is 93.1 Å². The fraction of sp³-hybridized carbons (Fsp3) is 0.647. The first-order chi connectivity index (χ1) is 18.7. The van der Waals surface area contributed by atoms with Gasteiger partial charge in [-0.25, -0.2) is 9.59 Å². The predicted octanol–water partition coefficient (Wildman–Crippen LogP) is 8.28. The fourth-order valence-corrected chi connectivity index (χ4v) is 5.09. The summed E-state index contributed by atoms with van der Waals surface area (Å²) in [7, 11) is 0. The number of hydrogen-bond acceptors (Lipinski definition) is 6. The van der Waals surface area contributed by atoms with Crippen LogP contribution in [0.4, 0.5) is 0 Å². The van der Waals surface area contributed by atoms with Crippen molar-refractivity contribution in [3.8, 4) is 11.5 Å². The lowest BCUT2D eigenvalue weighted by atomic mass is 9.75. The van der Waals surface area contributed by atoms with Crippen molar-refractivity contribution < 1.29 is 29.3 Å². The molecule has 40 heavy (non-hydrogen) atoms. The second-order valence-electron chi connectivity index (χ2n) is 12.6. The molecule has 0 amide bonds. The van der Waals surface area contributed by atoms with E-state index in [1.165, 1.54) is 12.2 Å². The number of carbonyl (C=O) groups excluding carboxylic acids is 2. The SMILES string of the molecule is C/C=C/C(=O)OCCC(C)CCCC(C)(C)c1cc(O)c(C(C)(C)CCCC(C)CCOC(=O)/C=C/C)cc1O. The van der Waals surface area contributed by atoms with E-state index in [2.05, 4.69) is 41.5 Å². The molecular formula is C34H54O6. The molecule has 0 aromatic heterocycles. The van der Waals surface area contributed by atoms with Gasteiger partial charge in [-0.2, -0.15) is 0 Å². The zero-order valence-electron chi connectivity index (χ0n) is 26.2. The van der Waals surface area contributed by atoms with Gasteiger partial charge in [0.05, 0.1) is 13.2 Å². The van der Waals surface area contributed by atoms with E-state index < -0.39 is 0 Å². The Morgan fingerprint density at radius 1 is 0.725 bits per heavy atom. The highest BCUT2D eigenvalue weighted by Crippen LogP contribution is 2.43. The second-order valence-corrected chi connectivity index (χ2v) is 12.6. The molecule has 226 valence electrons. The highest BCUT2D eigenvalue weighted by atomic mass is 16.5. The van der Waals surface area contributed by atoms with E-state index in [0.29, 0.717) is 25.0 Å². The Balaban J connectivity index is 2.65. The summed E-state index contributed by atoms with van der Waals surface area (Å²) in [5.74, 6) is 0.711. The molecule has 2 N–H and O–H groups in total. The number of esters is 2. The second kappa shape index (κ2) is 17.1. The molecule has 0 fully saturated rings. The van der Waals surface area contributed by atoms with Crippen molar-refractivity contribution in [2.45, 2.75) is 118 Å². The Morgan fingerprint density at radius 3 is 1.40 bits per heavy atom. The van der Waals surface area contributed by atoms with E-state index in [1.807, 2.05) is 0 Å². The standard InChI is InChI=1S/C34H54O6/c1-9-13-31(37)39-21-17-25(3)15-11-19-33(5,6)27-23-30(36)28(24-29(27)35)34(7,8)20-12-16-26(4)18-22-40-32(38)14-10-2/h9-10,13-14,23-26,35-36H,11-12,15-22H2,1-8H3/b13-9+,14-10+. The van der Waals surface area contributed by atoms with Crippen LogP contribution < -0.4 is 0 Å². The lowest BCUT2D eigenvalue weighted by Gasteiger charge is -2.31. The molecule has 2 atom stereocenters. The van der Waals surface area contributed by atoms with Gasteiger partial charge >= 0.3 is 11.9 Å². The van der Waals surface area contributed by atoms with Gasteiger partial charge in [0.25, 0.3) is 0 Å². The van der Waals surface area contributed by atoms with Crippen LogP contribution in [0.25, 0.3) is 0 Å². The first-order valence-corrected chi connectivity index (χ1v) is 14.9. The molecule has 0 bridgehead atoms. The third-order valence-corrected chi connectivity index (χ3v) is 7.89. The van der Waals surface area contributed by atoms with Crippen LogP contribution in [0.5, 0.6) is 11.5 Å². The maximum atomic E-state index is 11.5. The van der Waals surface area contributed by atoms with E-state index in [4.69, 9.17) is 9.47 Å². The van der Waals surface area contributed by atoms with E-state index in [1.54, 1.807) is 38.1 Å². The molecule has 6 nitrogen and oxygen atoms in total. The minimum atomic E-state index is -0.299. The summed E-state index contributed by atoms with van der Waals surface area (Å²) in [5, 5.41) is 22.0. The maximum absolute atomic E-state index is 11.5. The van der Waals surface area contributed by atoms with E-state index in [-0.39, 0.29) is 34.3 Å². The zero-order chi connectivity index (χ0) is 30.3. The molecule has 1 aromatic carbocycles. The number of phenols is 2. The average Bonchev–Trinajstić information content (AvgIpc) is 2.85. The summed E-state index contributed by atoms with van der Waals surface area (Å²) in [6.07, 6.45) is 13.5. The van der Waals surface area contributed by atoms with Crippen LogP contribution in [0.15, 0.2) is 36.4 Å². The number of benzene rings is 1. The summed E-state index contributed by atoms with van der Waals surface area (Å²) in [6.45, 7) is 17.2. The lowest BCUT2D eigenvalue weighted by molar-refractivity contribution is -0.139. The van der Waals surface area contributed by atoms with Crippen LogP contribution in [0, 0.1) is 11.8 Å². The molecule has 0 saturated heterocycles. The van der Waals surface area contributed by atoms with Gasteiger partial charge in [0.1, 0.15) is 11.5 Å². The predicted molar refractivity (Wildman–Crippen MR) is 163 cm³/mol. The van der Waals surface area contributed by atoms with Crippen LogP contribution >= 0.6 is 0 Å². The molecule has 6 heteroatoms. The van der Waals surface area contributed by atoms with Crippen molar-refractivity contribution in [1.82, 2.24) is 0 Å². The first-order valence-electron chi connectivity index (χ1n) is 14.9. The molecule has 0 aliphatic rings. The summed E-state index contributed by atoms with van der Waals surface area (Å²) >= 11 is 0. The van der Waals surface area contributed by atoms with Crippen molar-refractivity contribution in [3.05, 3.63) is 47.6 Å². The molecule has 0 heterocycles. The Kier molecular flexibility index (Phi) is 15.1. The minimum absolute atomic E-state index is 0.228. The smallest absolute Gasteiger partial charge is 0.330 e. The number of allylic oxidation sites excluding steroid dienone is 2. The Morgan fingerprint density at radius 2 is 1.07 bits per heavy atom. The Labute approximate surface area is 242 Å². The van der Waals surface area contributed by atoms with Gasteiger partial charge in [-0.1, -0.05) is 79.4 Å². The summed E-state index contributed by atoms with van der Waals surface area (Å²) < 4.78 is 10.4. The van der Waals surface area contributed by atoms with Crippen molar-refractivity contribution in [2.75, 3.05) is 13.2 Å². The molecule has 1 rings (SSSR count). The van der Waals surface area contributed by atoms with Gasteiger partial charge in [-0.15, -0.1) is 0 Å². The molecule has 2 unspecified atom stereocenters.